The molecule has 0 aliphatic rings. The molecule has 0 aliphatic carbocycles. The highest BCUT2D eigenvalue weighted by Gasteiger charge is 2.16. The van der Waals surface area contributed by atoms with Gasteiger partial charge in [0.1, 0.15) is 5.69 Å². The highest BCUT2D eigenvalue weighted by atomic mass is 32.2. The molecule has 0 saturated heterocycles. The second-order valence-corrected chi connectivity index (χ2v) is 6.67. The molecule has 3 N–H and O–H groups in total. The average Bonchev–Trinajstić information content (AvgIpc) is 2.75. The predicted octanol–water partition coefficient (Wildman–Crippen LogP) is 1.38. The van der Waals surface area contributed by atoms with E-state index < -0.39 is 15.7 Å². The fraction of sp³-hybridized carbons (Fsp3) is 0.0909. The van der Waals surface area contributed by atoms with Crippen LogP contribution in [0.3, 0.4) is 0 Å². The monoisotopic (exact) mass is 297 g/mol. The predicted molar refractivity (Wildman–Crippen MR) is 74.0 cm³/mol. The van der Waals surface area contributed by atoms with E-state index in [9.17, 15) is 13.2 Å². The molecule has 0 bridgehead atoms. The number of nitrogens with two attached hydrogens (primary N) is 1. The maximum absolute atomic E-state index is 11.9. The van der Waals surface area contributed by atoms with Crippen molar-refractivity contribution in [2.24, 2.45) is 0 Å². The number of carbonyl (C=O) groups excluding carboxylic acids is 1. The molecule has 6 nitrogen and oxygen atoms in total. The second-order valence-electron chi connectivity index (χ2n) is 3.79. The maximum atomic E-state index is 11.9. The Kier molecular flexibility index (Phi) is 3.54. The summed E-state index contributed by atoms with van der Waals surface area (Å²) in [5.74, 6) is -0.496. The molecular formula is C11H11N3O3S2. The molecule has 100 valence electrons. The number of aromatic nitrogens is 1. The Balaban J connectivity index is 2.32. The molecule has 0 aliphatic heterocycles. The fourth-order valence-electron chi connectivity index (χ4n) is 1.47. The number of carbonyl (C=O) groups is 1. The number of para-hydroxylation sites is 1. The van der Waals surface area contributed by atoms with E-state index in [0.29, 0.717) is 0 Å². The van der Waals surface area contributed by atoms with Gasteiger partial charge < -0.3 is 11.1 Å². The van der Waals surface area contributed by atoms with Crippen LogP contribution in [0, 0.1) is 0 Å². The van der Waals surface area contributed by atoms with Crippen molar-refractivity contribution in [2.75, 3.05) is 17.3 Å². The highest BCUT2D eigenvalue weighted by Crippen LogP contribution is 2.21. The molecule has 0 saturated carbocycles. The van der Waals surface area contributed by atoms with E-state index in [1.54, 1.807) is 12.1 Å². The molecule has 0 fully saturated rings. The summed E-state index contributed by atoms with van der Waals surface area (Å²) in [4.78, 5) is 15.8. The lowest BCUT2D eigenvalue weighted by Gasteiger charge is -2.08. The van der Waals surface area contributed by atoms with Gasteiger partial charge in [0.15, 0.2) is 15.0 Å². The Bertz CT molecular complexity index is 722. The van der Waals surface area contributed by atoms with Crippen molar-refractivity contribution < 1.29 is 13.2 Å². The van der Waals surface area contributed by atoms with Crippen molar-refractivity contribution in [1.29, 1.82) is 0 Å². The number of hydrogen-bond donors (Lipinski definition) is 2. The minimum Gasteiger partial charge on any atom is -0.375 e. The number of anilines is 2. The smallest absolute Gasteiger partial charge is 0.275 e. The number of sulfone groups is 1. The molecule has 0 unspecified atom stereocenters. The van der Waals surface area contributed by atoms with E-state index in [0.717, 1.165) is 17.6 Å². The normalized spacial score (nSPS) is 11.2. The third-order valence-electron chi connectivity index (χ3n) is 2.29. The zero-order chi connectivity index (χ0) is 14.0. The van der Waals surface area contributed by atoms with Crippen LogP contribution < -0.4 is 11.1 Å². The Morgan fingerprint density at radius 1 is 1.37 bits per heavy atom. The number of nitrogens with one attached hydrogen (secondary N) is 1. The second kappa shape index (κ2) is 4.98. The standard InChI is InChI=1S/C11H11N3O3S2/c1-19(16,17)9-5-3-2-4-7(9)13-10(15)8-6-18-11(12)14-8/h2-6H,1H3,(H2,12,14)(H,13,15). The van der Waals surface area contributed by atoms with Crippen LogP contribution in [-0.2, 0) is 9.84 Å². The van der Waals surface area contributed by atoms with E-state index in [-0.39, 0.29) is 21.4 Å². The average molecular weight is 297 g/mol. The van der Waals surface area contributed by atoms with Crippen LogP contribution >= 0.6 is 11.3 Å². The van der Waals surface area contributed by atoms with Crippen LogP contribution in [0.15, 0.2) is 34.5 Å². The summed E-state index contributed by atoms with van der Waals surface area (Å²) in [6.07, 6.45) is 1.08. The van der Waals surface area contributed by atoms with E-state index in [1.165, 1.54) is 17.5 Å². The number of rotatable bonds is 3. The molecular weight excluding hydrogens is 286 g/mol. The summed E-state index contributed by atoms with van der Waals surface area (Å²) in [6, 6.07) is 6.18. The molecule has 1 amide bonds. The van der Waals surface area contributed by atoms with Crippen molar-refractivity contribution in [3.8, 4) is 0 Å². The van der Waals surface area contributed by atoms with Gasteiger partial charge in [0.25, 0.3) is 5.91 Å². The first-order valence-corrected chi connectivity index (χ1v) is 7.96. The summed E-state index contributed by atoms with van der Waals surface area (Å²) in [7, 11) is -3.41. The van der Waals surface area contributed by atoms with Gasteiger partial charge in [-0.2, -0.15) is 0 Å². The third kappa shape index (κ3) is 3.09. The summed E-state index contributed by atoms with van der Waals surface area (Å²) in [5, 5.41) is 4.30. The van der Waals surface area contributed by atoms with Gasteiger partial charge in [-0.15, -0.1) is 11.3 Å². The third-order valence-corrected chi connectivity index (χ3v) is 4.12. The van der Waals surface area contributed by atoms with E-state index in [1.807, 2.05) is 0 Å². The van der Waals surface area contributed by atoms with Gasteiger partial charge in [0.2, 0.25) is 0 Å². The number of benzene rings is 1. The minimum atomic E-state index is -3.41. The quantitative estimate of drug-likeness (QED) is 0.891. The van der Waals surface area contributed by atoms with Crippen LogP contribution in [0.1, 0.15) is 10.5 Å². The van der Waals surface area contributed by atoms with Crippen molar-refractivity contribution in [1.82, 2.24) is 4.98 Å². The maximum Gasteiger partial charge on any atom is 0.275 e. The van der Waals surface area contributed by atoms with Gasteiger partial charge in [-0.1, -0.05) is 12.1 Å². The lowest BCUT2D eigenvalue weighted by atomic mass is 10.3. The van der Waals surface area contributed by atoms with E-state index >= 15 is 0 Å². The van der Waals surface area contributed by atoms with Crippen LogP contribution in [0.25, 0.3) is 0 Å². The van der Waals surface area contributed by atoms with E-state index in [2.05, 4.69) is 10.3 Å². The fourth-order valence-corrected chi connectivity index (χ4v) is 2.86. The van der Waals surface area contributed by atoms with Crippen LogP contribution in [0.4, 0.5) is 10.8 Å². The van der Waals surface area contributed by atoms with E-state index in [4.69, 9.17) is 5.73 Å². The van der Waals surface area contributed by atoms with Crippen LogP contribution in [0.5, 0.6) is 0 Å². The molecule has 1 heterocycles. The van der Waals surface area contributed by atoms with Gasteiger partial charge in [0.05, 0.1) is 10.6 Å². The highest BCUT2D eigenvalue weighted by molar-refractivity contribution is 7.90. The van der Waals surface area contributed by atoms with Crippen molar-refractivity contribution in [2.45, 2.75) is 4.90 Å². The Hall–Kier alpha value is -1.93. The zero-order valence-electron chi connectivity index (χ0n) is 9.95. The summed E-state index contributed by atoms with van der Waals surface area (Å²) >= 11 is 1.14. The number of thiazole rings is 1. The first-order valence-electron chi connectivity index (χ1n) is 5.19. The van der Waals surface area contributed by atoms with Gasteiger partial charge in [-0.25, -0.2) is 13.4 Å². The van der Waals surface area contributed by atoms with Crippen molar-refractivity contribution in [3.05, 3.63) is 35.3 Å². The molecule has 1 aromatic heterocycles. The lowest BCUT2D eigenvalue weighted by molar-refractivity contribution is 0.102. The molecule has 8 heteroatoms. The molecule has 2 aromatic rings. The van der Waals surface area contributed by atoms with Gasteiger partial charge in [-0.3, -0.25) is 4.79 Å². The Labute approximate surface area is 114 Å². The van der Waals surface area contributed by atoms with Crippen LogP contribution in [0.2, 0.25) is 0 Å². The molecule has 1 aromatic carbocycles. The van der Waals surface area contributed by atoms with Gasteiger partial charge in [0, 0.05) is 11.6 Å². The molecule has 2 rings (SSSR count). The Morgan fingerprint density at radius 3 is 2.63 bits per heavy atom. The largest absolute Gasteiger partial charge is 0.375 e. The molecule has 19 heavy (non-hydrogen) atoms. The first-order chi connectivity index (χ1) is 8.88. The number of nitrogen functional groups attached to an aromatic ring is 1. The number of nitrogens with zero attached hydrogens (tertiary/aromatic N) is 1. The topological polar surface area (TPSA) is 102 Å². The molecule has 0 radical (unpaired) electrons. The Morgan fingerprint density at radius 2 is 2.05 bits per heavy atom. The lowest BCUT2D eigenvalue weighted by Crippen LogP contribution is -2.15. The minimum absolute atomic E-state index is 0.0616. The zero-order valence-corrected chi connectivity index (χ0v) is 11.6. The van der Waals surface area contributed by atoms with Gasteiger partial charge in [-0.05, 0) is 12.1 Å². The van der Waals surface area contributed by atoms with Crippen LogP contribution in [-0.4, -0.2) is 25.6 Å². The summed E-state index contributed by atoms with van der Waals surface area (Å²) < 4.78 is 23.2. The number of hydrogen-bond acceptors (Lipinski definition) is 6. The number of amides is 1. The van der Waals surface area contributed by atoms with Crippen molar-refractivity contribution >= 4 is 37.9 Å². The first kappa shape index (κ1) is 13.5. The summed E-state index contributed by atoms with van der Waals surface area (Å²) in [5.41, 5.74) is 5.82. The summed E-state index contributed by atoms with van der Waals surface area (Å²) in [6.45, 7) is 0. The SMILES string of the molecule is CS(=O)(=O)c1ccccc1NC(=O)c1csc(N)n1. The van der Waals surface area contributed by atoms with Crippen molar-refractivity contribution in [3.63, 3.8) is 0 Å². The molecule has 0 spiro atoms. The van der Waals surface area contributed by atoms with Gasteiger partial charge >= 0.3 is 0 Å². The molecule has 0 atom stereocenters.